The van der Waals surface area contributed by atoms with Crippen molar-refractivity contribution in [3.63, 3.8) is 0 Å². The molecule has 1 aliphatic carbocycles. The molecule has 0 saturated heterocycles. The Kier molecular flexibility index (Phi) is 5.74. The van der Waals surface area contributed by atoms with E-state index < -0.39 is 11.9 Å². The topological polar surface area (TPSA) is 50.7 Å². The van der Waals surface area contributed by atoms with Gasteiger partial charge in [-0.3, -0.25) is 0 Å². The molecule has 0 atom stereocenters. The van der Waals surface area contributed by atoms with Crippen LogP contribution in [0.2, 0.25) is 5.02 Å². The third kappa shape index (κ3) is 4.87. The molecule has 0 bridgehead atoms. The molecule has 4 rings (SSSR count). The van der Waals surface area contributed by atoms with Crippen LogP contribution in [0.25, 0.3) is 10.4 Å². The van der Waals surface area contributed by atoms with Gasteiger partial charge in [-0.05, 0) is 42.7 Å². The lowest BCUT2D eigenvalue weighted by Crippen LogP contribution is -2.10. The summed E-state index contributed by atoms with van der Waals surface area (Å²) in [4.78, 5) is 13.0. The Bertz CT molecular complexity index is 999. The van der Waals surface area contributed by atoms with E-state index in [-0.39, 0.29) is 5.95 Å². The summed E-state index contributed by atoms with van der Waals surface area (Å²) in [5.74, 6) is 0.373. The number of hydrogen-bond acceptors (Lipinski definition) is 5. The molecule has 3 aromatic rings. The summed E-state index contributed by atoms with van der Waals surface area (Å²) in [5.41, 5.74) is 0.364. The Balaban J connectivity index is 1.58. The van der Waals surface area contributed by atoms with Crippen molar-refractivity contribution in [2.24, 2.45) is 0 Å². The summed E-state index contributed by atoms with van der Waals surface area (Å²) < 4.78 is 38.6. The van der Waals surface area contributed by atoms with E-state index in [2.05, 4.69) is 20.3 Å². The molecule has 1 saturated carbocycles. The number of halogens is 4. The highest BCUT2D eigenvalue weighted by atomic mass is 35.5. The molecule has 1 aromatic carbocycles. The SMILES string of the molecule is FC(F)(F)c1ccnc(Nc2cc(Cl)cc(-c3cnc(C4CCCCC4)s3)c2)n1. The van der Waals surface area contributed by atoms with Crippen molar-refractivity contribution in [3.8, 4) is 10.4 Å². The van der Waals surface area contributed by atoms with Crippen molar-refractivity contribution in [3.05, 3.63) is 52.4 Å². The highest BCUT2D eigenvalue weighted by molar-refractivity contribution is 7.15. The second-order valence-corrected chi connectivity index (χ2v) is 8.51. The molecular formula is C20H18ClF3N4S. The van der Waals surface area contributed by atoms with Gasteiger partial charge in [-0.2, -0.15) is 13.2 Å². The summed E-state index contributed by atoms with van der Waals surface area (Å²) in [6.45, 7) is 0. The average molecular weight is 439 g/mol. The number of benzene rings is 1. The van der Waals surface area contributed by atoms with Gasteiger partial charge in [0.1, 0.15) is 5.69 Å². The fraction of sp³-hybridized carbons (Fsp3) is 0.350. The third-order valence-corrected chi connectivity index (χ3v) is 6.29. The molecule has 4 nitrogen and oxygen atoms in total. The molecule has 152 valence electrons. The first kappa shape index (κ1) is 20.1. The van der Waals surface area contributed by atoms with Gasteiger partial charge in [0.15, 0.2) is 0 Å². The maximum Gasteiger partial charge on any atom is 0.433 e. The Morgan fingerprint density at radius 3 is 2.62 bits per heavy atom. The Hall–Kier alpha value is -2.19. The van der Waals surface area contributed by atoms with Crippen LogP contribution < -0.4 is 5.32 Å². The van der Waals surface area contributed by atoms with Crippen molar-refractivity contribution in [1.82, 2.24) is 15.0 Å². The highest BCUT2D eigenvalue weighted by Gasteiger charge is 2.32. The fourth-order valence-corrected chi connectivity index (χ4v) is 4.78. The first-order valence-electron chi connectivity index (χ1n) is 9.32. The van der Waals surface area contributed by atoms with Gasteiger partial charge < -0.3 is 5.32 Å². The number of hydrogen-bond donors (Lipinski definition) is 1. The van der Waals surface area contributed by atoms with Crippen molar-refractivity contribution in [2.75, 3.05) is 5.32 Å². The molecule has 1 fully saturated rings. The zero-order chi connectivity index (χ0) is 20.4. The molecule has 0 radical (unpaired) electrons. The number of alkyl halides is 3. The number of nitrogens with one attached hydrogen (secondary N) is 1. The minimum atomic E-state index is -4.53. The lowest BCUT2D eigenvalue weighted by Gasteiger charge is -2.18. The molecule has 0 aliphatic heterocycles. The molecule has 2 heterocycles. The Morgan fingerprint density at radius 1 is 1.07 bits per heavy atom. The standard InChI is InChI=1S/C20H18ClF3N4S/c21-14-8-13(16-11-26-18(29-16)12-4-2-1-3-5-12)9-15(10-14)27-19-25-7-6-17(28-19)20(22,23)24/h6-12H,1-5H2,(H,25,27,28). The number of thiazole rings is 1. The van der Waals surface area contributed by atoms with Gasteiger partial charge >= 0.3 is 6.18 Å². The molecule has 2 aromatic heterocycles. The summed E-state index contributed by atoms with van der Waals surface area (Å²) in [7, 11) is 0. The summed E-state index contributed by atoms with van der Waals surface area (Å²) >= 11 is 7.89. The van der Waals surface area contributed by atoms with Crippen LogP contribution in [0.1, 0.15) is 48.7 Å². The minimum absolute atomic E-state index is 0.139. The van der Waals surface area contributed by atoms with Crippen molar-refractivity contribution >= 4 is 34.6 Å². The van der Waals surface area contributed by atoms with Gasteiger partial charge in [-0.15, -0.1) is 11.3 Å². The molecule has 9 heteroatoms. The zero-order valence-corrected chi connectivity index (χ0v) is 16.9. The summed E-state index contributed by atoms with van der Waals surface area (Å²) in [6.07, 6.45) is 4.48. The number of aromatic nitrogens is 3. The molecule has 1 N–H and O–H groups in total. The fourth-order valence-electron chi connectivity index (χ4n) is 3.47. The lowest BCUT2D eigenvalue weighted by molar-refractivity contribution is -0.141. The highest BCUT2D eigenvalue weighted by Crippen LogP contribution is 2.39. The van der Waals surface area contributed by atoms with Crippen LogP contribution in [0, 0.1) is 0 Å². The van der Waals surface area contributed by atoms with Gasteiger partial charge in [0, 0.05) is 29.0 Å². The maximum atomic E-state index is 12.9. The maximum absolute atomic E-state index is 12.9. The van der Waals surface area contributed by atoms with Crippen LogP contribution in [0.5, 0.6) is 0 Å². The summed E-state index contributed by atoms with van der Waals surface area (Å²) in [6, 6.07) is 6.09. The number of nitrogens with zero attached hydrogens (tertiary/aromatic N) is 3. The van der Waals surface area contributed by atoms with Crippen LogP contribution >= 0.6 is 22.9 Å². The molecule has 0 spiro atoms. The van der Waals surface area contributed by atoms with E-state index in [0.29, 0.717) is 16.6 Å². The monoisotopic (exact) mass is 438 g/mol. The predicted octanol–water partition coefficient (Wildman–Crippen LogP) is 7.06. The molecule has 0 unspecified atom stereocenters. The van der Waals surface area contributed by atoms with E-state index in [4.69, 9.17) is 11.6 Å². The first-order chi connectivity index (χ1) is 13.9. The Morgan fingerprint density at radius 2 is 1.86 bits per heavy atom. The van der Waals surface area contributed by atoms with Crippen LogP contribution in [-0.4, -0.2) is 15.0 Å². The smallest absolute Gasteiger partial charge is 0.324 e. The number of anilines is 2. The second-order valence-electron chi connectivity index (χ2n) is 7.01. The van der Waals surface area contributed by atoms with Crippen LogP contribution in [0.15, 0.2) is 36.7 Å². The predicted molar refractivity (Wildman–Crippen MR) is 109 cm³/mol. The van der Waals surface area contributed by atoms with E-state index in [1.165, 1.54) is 32.1 Å². The van der Waals surface area contributed by atoms with E-state index in [1.54, 1.807) is 17.4 Å². The normalized spacial score (nSPS) is 15.4. The molecular weight excluding hydrogens is 421 g/mol. The van der Waals surface area contributed by atoms with Crippen molar-refractivity contribution in [2.45, 2.75) is 44.2 Å². The van der Waals surface area contributed by atoms with E-state index in [0.717, 1.165) is 27.7 Å². The van der Waals surface area contributed by atoms with E-state index >= 15 is 0 Å². The zero-order valence-electron chi connectivity index (χ0n) is 15.3. The average Bonchev–Trinajstić information content (AvgIpc) is 3.18. The van der Waals surface area contributed by atoms with Gasteiger partial charge in [-0.1, -0.05) is 30.9 Å². The van der Waals surface area contributed by atoms with Crippen LogP contribution in [0.4, 0.5) is 24.8 Å². The van der Waals surface area contributed by atoms with E-state index in [1.807, 2.05) is 18.3 Å². The van der Waals surface area contributed by atoms with Crippen molar-refractivity contribution in [1.29, 1.82) is 0 Å². The second kappa shape index (κ2) is 8.28. The molecule has 29 heavy (non-hydrogen) atoms. The van der Waals surface area contributed by atoms with Gasteiger partial charge in [-0.25, -0.2) is 15.0 Å². The third-order valence-electron chi connectivity index (χ3n) is 4.86. The number of rotatable bonds is 4. The summed E-state index contributed by atoms with van der Waals surface area (Å²) in [5, 5.41) is 4.41. The molecule has 1 aliphatic rings. The van der Waals surface area contributed by atoms with Crippen LogP contribution in [-0.2, 0) is 6.18 Å². The lowest BCUT2D eigenvalue weighted by atomic mass is 9.90. The van der Waals surface area contributed by atoms with Crippen LogP contribution in [0.3, 0.4) is 0 Å². The largest absolute Gasteiger partial charge is 0.433 e. The van der Waals surface area contributed by atoms with Gasteiger partial charge in [0.2, 0.25) is 5.95 Å². The van der Waals surface area contributed by atoms with Crippen molar-refractivity contribution < 1.29 is 13.2 Å². The Labute approximate surface area is 175 Å². The van der Waals surface area contributed by atoms with E-state index in [9.17, 15) is 13.2 Å². The minimum Gasteiger partial charge on any atom is -0.324 e. The van der Waals surface area contributed by atoms with Gasteiger partial charge in [0.25, 0.3) is 0 Å². The van der Waals surface area contributed by atoms with Gasteiger partial charge in [0.05, 0.1) is 9.88 Å². The molecule has 0 amide bonds. The quantitative estimate of drug-likeness (QED) is 0.473. The first-order valence-corrected chi connectivity index (χ1v) is 10.5.